The zero-order valence-electron chi connectivity index (χ0n) is 9.76. The first-order valence-electron chi connectivity index (χ1n) is 5.29. The molecule has 1 aromatic rings. The third-order valence-corrected chi connectivity index (χ3v) is 2.88. The van der Waals surface area contributed by atoms with E-state index >= 15 is 0 Å². The highest BCUT2D eigenvalue weighted by atomic mass is 19.1. The van der Waals surface area contributed by atoms with Crippen molar-refractivity contribution in [3.05, 3.63) is 29.3 Å². The van der Waals surface area contributed by atoms with Crippen LogP contribution in [0.1, 0.15) is 31.9 Å². The molecule has 0 aliphatic heterocycles. The number of hydrogen-bond donors (Lipinski definition) is 1. The van der Waals surface area contributed by atoms with Gasteiger partial charge in [-0.05, 0) is 5.92 Å². The van der Waals surface area contributed by atoms with Crippen molar-refractivity contribution in [2.75, 3.05) is 7.11 Å². The maximum atomic E-state index is 13.6. The summed E-state index contributed by atoms with van der Waals surface area (Å²) in [6.07, 6.45) is 0.770. The molecule has 2 unspecified atom stereocenters. The average molecular weight is 229 g/mol. The van der Waals surface area contributed by atoms with Crippen molar-refractivity contribution in [1.29, 1.82) is 0 Å². The smallest absolute Gasteiger partial charge is 0.134 e. The number of halogens is 2. The lowest BCUT2D eigenvalue weighted by Gasteiger charge is -2.20. The fraction of sp³-hybridized carbons (Fsp3) is 0.500. The van der Waals surface area contributed by atoms with Crippen molar-refractivity contribution in [2.45, 2.75) is 26.3 Å². The lowest BCUT2D eigenvalue weighted by molar-refractivity contribution is 0.392. The van der Waals surface area contributed by atoms with Gasteiger partial charge in [0.1, 0.15) is 17.4 Å². The first-order chi connectivity index (χ1) is 7.51. The van der Waals surface area contributed by atoms with Crippen LogP contribution in [0.4, 0.5) is 8.78 Å². The quantitative estimate of drug-likeness (QED) is 0.861. The molecule has 0 bridgehead atoms. The predicted octanol–water partition coefficient (Wildman–Crippen LogP) is 3.02. The van der Waals surface area contributed by atoms with E-state index in [1.165, 1.54) is 7.11 Å². The minimum absolute atomic E-state index is 0.0254. The van der Waals surface area contributed by atoms with Gasteiger partial charge in [-0.25, -0.2) is 8.78 Å². The summed E-state index contributed by atoms with van der Waals surface area (Å²) in [6.45, 7) is 3.80. The molecule has 1 rings (SSSR count). The van der Waals surface area contributed by atoms with Crippen LogP contribution in [-0.2, 0) is 0 Å². The highest BCUT2D eigenvalue weighted by Crippen LogP contribution is 2.29. The Morgan fingerprint density at radius 2 is 1.81 bits per heavy atom. The van der Waals surface area contributed by atoms with Gasteiger partial charge in [-0.3, -0.25) is 0 Å². The van der Waals surface area contributed by atoms with Gasteiger partial charge in [-0.15, -0.1) is 0 Å². The van der Waals surface area contributed by atoms with E-state index in [1.54, 1.807) is 0 Å². The third kappa shape index (κ3) is 2.50. The third-order valence-electron chi connectivity index (χ3n) is 2.88. The van der Waals surface area contributed by atoms with Crippen LogP contribution in [0, 0.1) is 17.6 Å². The van der Waals surface area contributed by atoms with E-state index in [1.807, 2.05) is 13.8 Å². The molecule has 0 aromatic heterocycles. The second-order valence-corrected chi connectivity index (χ2v) is 3.92. The minimum Gasteiger partial charge on any atom is -0.497 e. The molecule has 0 amide bonds. The van der Waals surface area contributed by atoms with Gasteiger partial charge in [-0.2, -0.15) is 0 Å². The van der Waals surface area contributed by atoms with Crippen LogP contribution in [0.2, 0.25) is 0 Å². The standard InChI is InChI=1S/C12H17F2NO/c1-4-7(2)12(15)11-9(13)5-8(16-3)6-10(11)14/h5-7,12H,4,15H2,1-3H3. The van der Waals surface area contributed by atoms with Crippen molar-refractivity contribution in [2.24, 2.45) is 11.7 Å². The fourth-order valence-electron chi connectivity index (χ4n) is 1.54. The molecule has 1 aromatic carbocycles. The molecular weight excluding hydrogens is 212 g/mol. The largest absolute Gasteiger partial charge is 0.497 e. The number of rotatable bonds is 4. The van der Waals surface area contributed by atoms with E-state index in [0.29, 0.717) is 0 Å². The van der Waals surface area contributed by atoms with Crippen LogP contribution in [-0.4, -0.2) is 7.11 Å². The molecule has 2 nitrogen and oxygen atoms in total. The van der Waals surface area contributed by atoms with E-state index in [0.717, 1.165) is 18.6 Å². The first-order valence-corrected chi connectivity index (χ1v) is 5.29. The highest BCUT2D eigenvalue weighted by Gasteiger charge is 2.22. The Morgan fingerprint density at radius 3 is 2.19 bits per heavy atom. The second kappa shape index (κ2) is 5.25. The maximum absolute atomic E-state index is 13.6. The molecule has 0 saturated carbocycles. The minimum atomic E-state index is -0.648. The molecule has 0 aliphatic carbocycles. The fourth-order valence-corrected chi connectivity index (χ4v) is 1.54. The highest BCUT2D eigenvalue weighted by molar-refractivity contribution is 5.32. The SMILES string of the molecule is CCC(C)C(N)c1c(F)cc(OC)cc1F. The lowest BCUT2D eigenvalue weighted by atomic mass is 9.92. The monoisotopic (exact) mass is 229 g/mol. The summed E-state index contributed by atoms with van der Waals surface area (Å²) in [5, 5.41) is 0. The van der Waals surface area contributed by atoms with Gasteiger partial charge in [-0.1, -0.05) is 20.3 Å². The lowest BCUT2D eigenvalue weighted by Crippen LogP contribution is -2.21. The summed E-state index contributed by atoms with van der Waals surface area (Å²) in [5.41, 5.74) is 5.76. The molecule has 4 heteroatoms. The van der Waals surface area contributed by atoms with Crippen molar-refractivity contribution in [1.82, 2.24) is 0 Å². The summed E-state index contributed by atoms with van der Waals surface area (Å²) in [5.74, 6) is -1.11. The summed E-state index contributed by atoms with van der Waals surface area (Å²) in [4.78, 5) is 0. The summed E-state index contributed by atoms with van der Waals surface area (Å²) in [6, 6.07) is 1.68. The normalized spacial score (nSPS) is 14.6. The summed E-state index contributed by atoms with van der Waals surface area (Å²) in [7, 11) is 1.36. The Labute approximate surface area is 94.4 Å². The van der Waals surface area contributed by atoms with Crippen molar-refractivity contribution >= 4 is 0 Å². The van der Waals surface area contributed by atoms with Gasteiger partial charge >= 0.3 is 0 Å². The predicted molar refractivity (Wildman–Crippen MR) is 59.3 cm³/mol. The molecule has 0 aliphatic rings. The Hall–Kier alpha value is -1.16. The van der Waals surface area contributed by atoms with Gasteiger partial charge in [0.25, 0.3) is 0 Å². The Balaban J connectivity index is 3.14. The topological polar surface area (TPSA) is 35.2 Å². The van der Waals surface area contributed by atoms with Gasteiger partial charge in [0.05, 0.1) is 7.11 Å². The molecule has 90 valence electrons. The van der Waals surface area contributed by atoms with E-state index < -0.39 is 17.7 Å². The van der Waals surface area contributed by atoms with Crippen LogP contribution in [0.15, 0.2) is 12.1 Å². The van der Waals surface area contributed by atoms with Crippen molar-refractivity contribution in [3.8, 4) is 5.75 Å². The van der Waals surface area contributed by atoms with Crippen LogP contribution >= 0.6 is 0 Å². The Bertz CT molecular complexity index is 345. The van der Waals surface area contributed by atoms with E-state index in [4.69, 9.17) is 10.5 Å². The first kappa shape index (κ1) is 12.9. The number of methoxy groups -OCH3 is 1. The second-order valence-electron chi connectivity index (χ2n) is 3.92. The summed E-state index contributed by atoms with van der Waals surface area (Å²) < 4.78 is 32.1. The van der Waals surface area contributed by atoms with Crippen molar-refractivity contribution < 1.29 is 13.5 Å². The molecule has 2 atom stereocenters. The van der Waals surface area contributed by atoms with Crippen LogP contribution in [0.3, 0.4) is 0 Å². The van der Waals surface area contributed by atoms with E-state index in [9.17, 15) is 8.78 Å². The number of ether oxygens (including phenoxy) is 1. The van der Waals surface area contributed by atoms with Gasteiger partial charge in [0.2, 0.25) is 0 Å². The van der Waals surface area contributed by atoms with Gasteiger partial charge < -0.3 is 10.5 Å². The molecule has 0 fully saturated rings. The molecule has 0 saturated heterocycles. The average Bonchev–Trinajstić information content (AvgIpc) is 2.26. The van der Waals surface area contributed by atoms with Crippen molar-refractivity contribution in [3.63, 3.8) is 0 Å². The van der Waals surface area contributed by atoms with Crippen LogP contribution in [0.25, 0.3) is 0 Å². The molecule has 0 radical (unpaired) electrons. The molecular formula is C12H17F2NO. The van der Waals surface area contributed by atoms with Crippen LogP contribution < -0.4 is 10.5 Å². The molecule has 2 N–H and O–H groups in total. The van der Waals surface area contributed by atoms with Gasteiger partial charge in [0, 0.05) is 23.7 Å². The van der Waals surface area contributed by atoms with Crippen LogP contribution in [0.5, 0.6) is 5.75 Å². The number of hydrogen-bond acceptors (Lipinski definition) is 2. The zero-order valence-corrected chi connectivity index (χ0v) is 9.76. The zero-order chi connectivity index (χ0) is 12.3. The maximum Gasteiger partial charge on any atom is 0.134 e. The summed E-state index contributed by atoms with van der Waals surface area (Å²) >= 11 is 0. The Morgan fingerprint density at radius 1 is 1.31 bits per heavy atom. The molecule has 16 heavy (non-hydrogen) atoms. The van der Waals surface area contributed by atoms with E-state index in [-0.39, 0.29) is 17.2 Å². The van der Waals surface area contributed by atoms with Gasteiger partial charge in [0.15, 0.2) is 0 Å². The molecule has 0 spiro atoms. The number of nitrogens with two attached hydrogens (primary N) is 1. The number of benzene rings is 1. The van der Waals surface area contributed by atoms with E-state index in [2.05, 4.69) is 0 Å². The molecule has 0 heterocycles. The Kier molecular flexibility index (Phi) is 4.24.